The molecule has 108 valence electrons. The molecule has 2 aromatic rings. The summed E-state index contributed by atoms with van der Waals surface area (Å²) in [6, 6.07) is 10.4. The van der Waals surface area contributed by atoms with E-state index in [4.69, 9.17) is 0 Å². The third-order valence-corrected chi connectivity index (χ3v) is 3.53. The highest BCUT2D eigenvalue weighted by Crippen LogP contribution is 2.18. The summed E-state index contributed by atoms with van der Waals surface area (Å²) in [6.07, 6.45) is 0.555. The molecule has 0 radical (unpaired) electrons. The van der Waals surface area contributed by atoms with Crippen molar-refractivity contribution in [3.8, 4) is 0 Å². The van der Waals surface area contributed by atoms with Gasteiger partial charge in [-0.05, 0) is 29.7 Å². The molecule has 21 heavy (non-hydrogen) atoms. The van der Waals surface area contributed by atoms with Crippen LogP contribution in [0.2, 0.25) is 0 Å². The fourth-order valence-electron chi connectivity index (χ4n) is 2.50. The van der Waals surface area contributed by atoms with Gasteiger partial charge in [0.25, 0.3) is 0 Å². The van der Waals surface area contributed by atoms with Gasteiger partial charge in [-0.25, -0.2) is 8.78 Å². The van der Waals surface area contributed by atoms with Gasteiger partial charge in [-0.2, -0.15) is 0 Å². The van der Waals surface area contributed by atoms with Crippen LogP contribution in [-0.4, -0.2) is 11.9 Å². The van der Waals surface area contributed by atoms with Crippen molar-refractivity contribution in [1.82, 2.24) is 5.32 Å². The lowest BCUT2D eigenvalue weighted by Crippen LogP contribution is -2.44. The predicted octanol–water partition coefficient (Wildman–Crippen LogP) is 2.62. The zero-order valence-electron chi connectivity index (χ0n) is 11.2. The van der Waals surface area contributed by atoms with Crippen LogP contribution in [0, 0.1) is 11.6 Å². The Kier molecular flexibility index (Phi) is 3.66. The molecule has 3 nitrogen and oxygen atoms in total. The maximum atomic E-state index is 13.1. The molecule has 5 heteroatoms. The molecule has 2 N–H and O–H groups in total. The van der Waals surface area contributed by atoms with E-state index < -0.39 is 17.7 Å². The largest absolute Gasteiger partial charge is 0.325 e. The van der Waals surface area contributed by atoms with Crippen LogP contribution in [-0.2, 0) is 17.8 Å². The Morgan fingerprint density at radius 2 is 1.76 bits per heavy atom. The fraction of sp³-hybridized carbons (Fsp3) is 0.188. The molecule has 0 aromatic heterocycles. The van der Waals surface area contributed by atoms with Gasteiger partial charge < -0.3 is 10.6 Å². The Morgan fingerprint density at radius 3 is 2.48 bits per heavy atom. The Labute approximate surface area is 121 Å². The van der Waals surface area contributed by atoms with E-state index in [0.717, 1.165) is 23.8 Å². The first-order valence-corrected chi connectivity index (χ1v) is 6.69. The summed E-state index contributed by atoms with van der Waals surface area (Å²) >= 11 is 0. The van der Waals surface area contributed by atoms with E-state index in [0.29, 0.717) is 13.0 Å². The SMILES string of the molecule is O=C(Nc1cc(F)cc(F)c1)[C@@H]1Cc2ccccc2CN1. The molecule has 1 amide bonds. The molecule has 0 bridgehead atoms. The lowest BCUT2D eigenvalue weighted by Gasteiger charge is -2.25. The van der Waals surface area contributed by atoms with Gasteiger partial charge in [-0.3, -0.25) is 4.79 Å². The van der Waals surface area contributed by atoms with Crippen molar-refractivity contribution in [2.45, 2.75) is 19.0 Å². The Morgan fingerprint density at radius 1 is 1.10 bits per heavy atom. The van der Waals surface area contributed by atoms with Gasteiger partial charge in [0.1, 0.15) is 11.6 Å². The number of carbonyl (C=O) groups excluding carboxylic acids is 1. The number of anilines is 1. The number of halogens is 2. The number of nitrogens with one attached hydrogen (secondary N) is 2. The second-order valence-corrected chi connectivity index (χ2v) is 5.05. The first-order valence-electron chi connectivity index (χ1n) is 6.69. The molecule has 1 aliphatic rings. The van der Waals surface area contributed by atoms with E-state index in [1.807, 2.05) is 24.3 Å². The van der Waals surface area contributed by atoms with Crippen LogP contribution in [0.25, 0.3) is 0 Å². The molecule has 0 saturated carbocycles. The molecule has 3 rings (SSSR count). The van der Waals surface area contributed by atoms with E-state index in [1.54, 1.807) is 0 Å². The molecule has 0 fully saturated rings. The number of hydrogen-bond donors (Lipinski definition) is 2. The van der Waals surface area contributed by atoms with E-state index >= 15 is 0 Å². The second kappa shape index (κ2) is 5.61. The average molecular weight is 288 g/mol. The minimum Gasteiger partial charge on any atom is -0.325 e. The van der Waals surface area contributed by atoms with Crippen molar-refractivity contribution >= 4 is 11.6 Å². The minimum atomic E-state index is -0.716. The van der Waals surface area contributed by atoms with Crippen LogP contribution in [0.15, 0.2) is 42.5 Å². The lowest BCUT2D eigenvalue weighted by molar-refractivity contribution is -0.118. The first kappa shape index (κ1) is 13.7. The smallest absolute Gasteiger partial charge is 0.241 e. The summed E-state index contributed by atoms with van der Waals surface area (Å²) < 4.78 is 26.2. The predicted molar refractivity (Wildman–Crippen MR) is 75.8 cm³/mol. The fourth-order valence-corrected chi connectivity index (χ4v) is 2.50. The molecular weight excluding hydrogens is 274 g/mol. The number of benzene rings is 2. The van der Waals surface area contributed by atoms with Crippen LogP contribution in [0.3, 0.4) is 0 Å². The van der Waals surface area contributed by atoms with Crippen LogP contribution in [0.4, 0.5) is 14.5 Å². The van der Waals surface area contributed by atoms with Crippen LogP contribution in [0.1, 0.15) is 11.1 Å². The number of hydrogen-bond acceptors (Lipinski definition) is 2. The topological polar surface area (TPSA) is 41.1 Å². The third-order valence-electron chi connectivity index (χ3n) is 3.53. The summed E-state index contributed by atoms with van der Waals surface area (Å²) in [7, 11) is 0. The first-order chi connectivity index (χ1) is 10.1. The molecule has 1 aliphatic heterocycles. The van der Waals surface area contributed by atoms with Crippen molar-refractivity contribution < 1.29 is 13.6 Å². The highest BCUT2D eigenvalue weighted by Gasteiger charge is 2.24. The molecule has 2 aromatic carbocycles. The van der Waals surface area contributed by atoms with Crippen molar-refractivity contribution in [2.75, 3.05) is 5.32 Å². The van der Waals surface area contributed by atoms with Crippen molar-refractivity contribution in [3.05, 3.63) is 65.2 Å². The van der Waals surface area contributed by atoms with Crippen molar-refractivity contribution in [3.63, 3.8) is 0 Å². The van der Waals surface area contributed by atoms with Gasteiger partial charge in [0, 0.05) is 18.3 Å². The maximum Gasteiger partial charge on any atom is 0.241 e. The van der Waals surface area contributed by atoms with Crippen LogP contribution >= 0.6 is 0 Å². The van der Waals surface area contributed by atoms with E-state index in [-0.39, 0.29) is 11.6 Å². The summed E-state index contributed by atoms with van der Waals surface area (Å²) in [5.74, 6) is -1.73. The Bertz CT molecular complexity index is 667. The van der Waals surface area contributed by atoms with Crippen LogP contribution in [0.5, 0.6) is 0 Å². The monoisotopic (exact) mass is 288 g/mol. The second-order valence-electron chi connectivity index (χ2n) is 5.05. The molecule has 0 unspecified atom stereocenters. The van der Waals surface area contributed by atoms with Gasteiger partial charge >= 0.3 is 0 Å². The quantitative estimate of drug-likeness (QED) is 0.892. The number of carbonyl (C=O) groups is 1. The highest BCUT2D eigenvalue weighted by molar-refractivity contribution is 5.95. The lowest BCUT2D eigenvalue weighted by atomic mass is 9.95. The van der Waals surface area contributed by atoms with Gasteiger partial charge in [0.05, 0.1) is 6.04 Å². The third kappa shape index (κ3) is 3.08. The summed E-state index contributed by atoms with van der Waals surface area (Å²) in [5.41, 5.74) is 2.40. The summed E-state index contributed by atoms with van der Waals surface area (Å²) in [5, 5.41) is 5.67. The van der Waals surface area contributed by atoms with E-state index in [2.05, 4.69) is 10.6 Å². The maximum absolute atomic E-state index is 13.1. The van der Waals surface area contributed by atoms with E-state index in [9.17, 15) is 13.6 Å². The molecule has 0 saturated heterocycles. The number of rotatable bonds is 2. The number of fused-ring (bicyclic) bond motifs is 1. The summed E-state index contributed by atoms with van der Waals surface area (Å²) in [4.78, 5) is 12.2. The normalized spacial score (nSPS) is 17.1. The molecule has 0 spiro atoms. The van der Waals surface area contributed by atoms with Crippen LogP contribution < -0.4 is 10.6 Å². The molecular formula is C16H14F2N2O. The number of amides is 1. The molecule has 0 aliphatic carbocycles. The standard InChI is InChI=1S/C16H14F2N2O/c17-12-6-13(18)8-14(7-12)20-16(21)15-5-10-3-1-2-4-11(10)9-19-15/h1-4,6-8,15,19H,5,9H2,(H,20,21)/t15-/m0/s1. The molecule has 1 atom stereocenters. The molecule has 1 heterocycles. The zero-order valence-corrected chi connectivity index (χ0v) is 11.2. The Balaban J connectivity index is 1.72. The zero-order chi connectivity index (χ0) is 14.8. The van der Waals surface area contributed by atoms with Gasteiger partial charge in [-0.1, -0.05) is 24.3 Å². The van der Waals surface area contributed by atoms with Gasteiger partial charge in [0.2, 0.25) is 5.91 Å². The van der Waals surface area contributed by atoms with Gasteiger partial charge in [-0.15, -0.1) is 0 Å². The van der Waals surface area contributed by atoms with Gasteiger partial charge in [0.15, 0.2) is 0 Å². The Hall–Kier alpha value is -2.27. The minimum absolute atomic E-state index is 0.123. The van der Waals surface area contributed by atoms with Crippen molar-refractivity contribution in [1.29, 1.82) is 0 Å². The van der Waals surface area contributed by atoms with Crippen molar-refractivity contribution in [2.24, 2.45) is 0 Å². The summed E-state index contributed by atoms with van der Waals surface area (Å²) in [6.45, 7) is 0.603. The average Bonchev–Trinajstić information content (AvgIpc) is 2.45. The highest BCUT2D eigenvalue weighted by atomic mass is 19.1. The van der Waals surface area contributed by atoms with E-state index in [1.165, 1.54) is 5.56 Å².